The Morgan fingerprint density at radius 3 is 2.31 bits per heavy atom. The van der Waals surface area contributed by atoms with E-state index in [9.17, 15) is 14.4 Å². The van der Waals surface area contributed by atoms with Gasteiger partial charge in [-0.2, -0.15) is 0 Å². The number of thioether (sulfide) groups is 1. The topological polar surface area (TPSA) is 87.3 Å². The molecule has 1 unspecified atom stereocenters. The number of benzene rings is 4. The van der Waals surface area contributed by atoms with Crippen molar-refractivity contribution < 1.29 is 14.4 Å². The highest BCUT2D eigenvalue weighted by Crippen LogP contribution is 2.29. The maximum Gasteiger partial charge on any atom is 0.272 e. The number of aryl methyl sites for hydroxylation is 1. The molecule has 0 saturated carbocycles. The van der Waals surface area contributed by atoms with Crippen LogP contribution in [0, 0.1) is 6.92 Å². The first-order chi connectivity index (χ1) is 20.2. The van der Waals surface area contributed by atoms with E-state index in [2.05, 4.69) is 16.0 Å². The Bertz CT molecular complexity index is 1630. The van der Waals surface area contributed by atoms with Crippen molar-refractivity contribution >= 4 is 70.1 Å². The van der Waals surface area contributed by atoms with Gasteiger partial charge in [0.25, 0.3) is 11.8 Å². The van der Waals surface area contributed by atoms with E-state index in [1.54, 1.807) is 66.7 Å². The molecule has 4 aromatic rings. The first-order valence-electron chi connectivity index (χ1n) is 13.2. The number of rotatable bonds is 10. The molecule has 4 aromatic carbocycles. The molecule has 6 nitrogen and oxygen atoms in total. The molecule has 0 fully saturated rings. The normalized spacial score (nSPS) is 11.9. The number of carbonyl (C=O) groups excluding carboxylic acids is 3. The standard InChI is InChI=1S/C33H29Cl2N3O3S/c1-3-30(33(41)37-28-15-8-7-10-21(28)2)42-26-14-9-13-25(20-26)36-32(40)29(18-23-16-17-24(34)19-27(23)35)38-31(39)22-11-5-4-6-12-22/h4-20,30H,3H2,1-2H3,(H,36,40)(H,37,41)(H,38,39)/b29-18+. The van der Waals surface area contributed by atoms with Crippen molar-refractivity contribution in [1.29, 1.82) is 0 Å². The monoisotopic (exact) mass is 617 g/mol. The van der Waals surface area contributed by atoms with E-state index in [0.29, 0.717) is 33.3 Å². The number of anilines is 2. The third-order valence-electron chi connectivity index (χ3n) is 6.23. The second-order valence-electron chi connectivity index (χ2n) is 9.34. The molecule has 0 saturated heterocycles. The van der Waals surface area contributed by atoms with Crippen LogP contribution in [-0.4, -0.2) is 23.0 Å². The van der Waals surface area contributed by atoms with Gasteiger partial charge in [0, 0.05) is 31.9 Å². The Morgan fingerprint density at radius 1 is 0.857 bits per heavy atom. The molecule has 42 heavy (non-hydrogen) atoms. The predicted molar refractivity (Wildman–Crippen MR) is 173 cm³/mol. The van der Waals surface area contributed by atoms with Gasteiger partial charge >= 0.3 is 0 Å². The van der Waals surface area contributed by atoms with Gasteiger partial charge in [-0.1, -0.05) is 78.7 Å². The van der Waals surface area contributed by atoms with Crippen molar-refractivity contribution in [2.24, 2.45) is 0 Å². The molecule has 9 heteroatoms. The summed E-state index contributed by atoms with van der Waals surface area (Å²) in [6.07, 6.45) is 2.11. The average Bonchev–Trinajstić information content (AvgIpc) is 2.98. The molecule has 0 radical (unpaired) electrons. The highest BCUT2D eigenvalue weighted by molar-refractivity contribution is 8.00. The minimum absolute atomic E-state index is 0.00447. The lowest BCUT2D eigenvalue weighted by Crippen LogP contribution is -2.30. The summed E-state index contributed by atoms with van der Waals surface area (Å²) >= 11 is 13.8. The summed E-state index contributed by atoms with van der Waals surface area (Å²) in [7, 11) is 0. The fraction of sp³-hybridized carbons (Fsp3) is 0.121. The van der Waals surface area contributed by atoms with Crippen LogP contribution in [-0.2, 0) is 9.59 Å². The molecule has 0 spiro atoms. The third-order valence-corrected chi connectivity index (χ3v) is 8.15. The fourth-order valence-electron chi connectivity index (χ4n) is 3.97. The number of carbonyl (C=O) groups is 3. The van der Waals surface area contributed by atoms with Crippen molar-refractivity contribution in [2.45, 2.75) is 30.4 Å². The van der Waals surface area contributed by atoms with Gasteiger partial charge in [0.2, 0.25) is 5.91 Å². The molecule has 3 N–H and O–H groups in total. The van der Waals surface area contributed by atoms with E-state index in [4.69, 9.17) is 23.2 Å². The molecule has 1 atom stereocenters. The van der Waals surface area contributed by atoms with Crippen LogP contribution in [0.15, 0.2) is 108 Å². The summed E-state index contributed by atoms with van der Waals surface area (Å²) in [6.45, 7) is 3.90. The van der Waals surface area contributed by atoms with Crippen LogP contribution in [0.1, 0.15) is 34.8 Å². The molecule has 0 aliphatic carbocycles. The Morgan fingerprint density at radius 2 is 1.60 bits per heavy atom. The van der Waals surface area contributed by atoms with Crippen molar-refractivity contribution in [3.63, 3.8) is 0 Å². The lowest BCUT2D eigenvalue weighted by molar-refractivity contribution is -0.116. The van der Waals surface area contributed by atoms with E-state index >= 15 is 0 Å². The lowest BCUT2D eigenvalue weighted by Gasteiger charge is -2.17. The summed E-state index contributed by atoms with van der Waals surface area (Å²) in [4.78, 5) is 40.2. The summed E-state index contributed by atoms with van der Waals surface area (Å²) in [6, 6.07) is 28.3. The number of amides is 3. The van der Waals surface area contributed by atoms with Gasteiger partial charge in [-0.15, -0.1) is 11.8 Å². The SMILES string of the molecule is CCC(Sc1cccc(NC(=O)/C(=C\c2ccc(Cl)cc2Cl)NC(=O)c2ccccc2)c1)C(=O)Nc1ccccc1C. The molecule has 214 valence electrons. The van der Waals surface area contributed by atoms with E-state index in [-0.39, 0.29) is 16.9 Å². The molecule has 0 heterocycles. The van der Waals surface area contributed by atoms with Gasteiger partial charge in [-0.05, 0) is 79.1 Å². The quantitative estimate of drug-likeness (QED) is 0.124. The fourth-order valence-corrected chi connectivity index (χ4v) is 5.45. The zero-order valence-electron chi connectivity index (χ0n) is 23.0. The minimum Gasteiger partial charge on any atom is -0.325 e. The highest BCUT2D eigenvalue weighted by atomic mass is 35.5. The van der Waals surface area contributed by atoms with Crippen LogP contribution >= 0.6 is 35.0 Å². The Labute approximate surface area is 259 Å². The van der Waals surface area contributed by atoms with Crippen molar-refractivity contribution in [1.82, 2.24) is 5.32 Å². The zero-order valence-corrected chi connectivity index (χ0v) is 25.3. The first-order valence-corrected chi connectivity index (χ1v) is 14.8. The Balaban J connectivity index is 1.53. The number of hydrogen-bond donors (Lipinski definition) is 3. The van der Waals surface area contributed by atoms with Gasteiger partial charge < -0.3 is 16.0 Å². The maximum absolute atomic E-state index is 13.5. The van der Waals surface area contributed by atoms with Crippen LogP contribution in [0.5, 0.6) is 0 Å². The van der Waals surface area contributed by atoms with Crippen LogP contribution in [0.3, 0.4) is 0 Å². The molecule has 0 aliphatic rings. The van der Waals surface area contributed by atoms with Crippen molar-refractivity contribution in [2.75, 3.05) is 10.6 Å². The summed E-state index contributed by atoms with van der Waals surface area (Å²) in [5, 5.41) is 9.00. The van der Waals surface area contributed by atoms with Crippen LogP contribution in [0.25, 0.3) is 6.08 Å². The molecule has 0 bridgehead atoms. The smallest absolute Gasteiger partial charge is 0.272 e. The largest absolute Gasteiger partial charge is 0.325 e. The maximum atomic E-state index is 13.5. The van der Waals surface area contributed by atoms with Gasteiger partial charge in [0.1, 0.15) is 5.70 Å². The minimum atomic E-state index is -0.545. The number of hydrogen-bond acceptors (Lipinski definition) is 4. The van der Waals surface area contributed by atoms with Gasteiger partial charge in [0.15, 0.2) is 0 Å². The molecular formula is C33H29Cl2N3O3S. The Hall–Kier alpha value is -4.04. The van der Waals surface area contributed by atoms with E-state index in [0.717, 1.165) is 16.1 Å². The van der Waals surface area contributed by atoms with Crippen LogP contribution in [0.2, 0.25) is 10.0 Å². The highest BCUT2D eigenvalue weighted by Gasteiger charge is 2.20. The molecule has 4 rings (SSSR count). The third kappa shape index (κ3) is 8.49. The Kier molecular flexibility index (Phi) is 10.8. The predicted octanol–water partition coefficient (Wildman–Crippen LogP) is 8.22. The summed E-state index contributed by atoms with van der Waals surface area (Å²) in [5.74, 6) is -1.09. The second-order valence-corrected chi connectivity index (χ2v) is 11.5. The number of para-hydroxylation sites is 1. The van der Waals surface area contributed by atoms with E-state index in [1.165, 1.54) is 17.8 Å². The summed E-state index contributed by atoms with van der Waals surface area (Å²) in [5.41, 5.74) is 3.16. The van der Waals surface area contributed by atoms with Crippen LogP contribution in [0.4, 0.5) is 11.4 Å². The summed E-state index contributed by atoms with van der Waals surface area (Å²) < 4.78 is 0. The molecule has 0 aromatic heterocycles. The number of halogens is 2. The molecule has 0 aliphatic heterocycles. The van der Waals surface area contributed by atoms with Crippen LogP contribution < -0.4 is 16.0 Å². The van der Waals surface area contributed by atoms with Crippen molar-refractivity contribution in [3.8, 4) is 0 Å². The average molecular weight is 619 g/mol. The van der Waals surface area contributed by atoms with Gasteiger partial charge in [-0.3, -0.25) is 14.4 Å². The van der Waals surface area contributed by atoms with E-state index < -0.39 is 11.8 Å². The van der Waals surface area contributed by atoms with Gasteiger partial charge in [-0.25, -0.2) is 0 Å². The van der Waals surface area contributed by atoms with E-state index in [1.807, 2.05) is 44.2 Å². The number of nitrogens with one attached hydrogen (secondary N) is 3. The molecular weight excluding hydrogens is 589 g/mol. The zero-order chi connectivity index (χ0) is 30.1. The molecule has 3 amide bonds. The lowest BCUT2D eigenvalue weighted by atomic mass is 10.1. The van der Waals surface area contributed by atoms with Crippen molar-refractivity contribution in [3.05, 3.63) is 129 Å². The first kappa shape index (κ1) is 30.9. The van der Waals surface area contributed by atoms with Gasteiger partial charge in [0.05, 0.1) is 5.25 Å². The second kappa shape index (κ2) is 14.7.